The number of aliphatic hydroxyl groups excluding tert-OH is 2. The number of hydrogen-bond donors (Lipinski definition) is 6. The van der Waals surface area contributed by atoms with Crippen molar-refractivity contribution in [3.05, 3.63) is 35.4 Å². The molecule has 0 saturated carbocycles. The lowest BCUT2D eigenvalue weighted by atomic mass is 10.1. The number of aromatic carboxylic acids is 2. The van der Waals surface area contributed by atoms with Crippen LogP contribution in [0.5, 0.6) is 0 Å². The third kappa shape index (κ3) is 12.1. The van der Waals surface area contributed by atoms with Gasteiger partial charge < -0.3 is 31.9 Å². The summed E-state index contributed by atoms with van der Waals surface area (Å²) in [4.78, 5) is 39.3. The Labute approximate surface area is 124 Å². The van der Waals surface area contributed by atoms with Crippen molar-refractivity contribution < 1.29 is 39.6 Å². The van der Waals surface area contributed by atoms with E-state index in [4.69, 9.17) is 20.4 Å². The molecule has 0 unspecified atom stereocenters. The molecular formula is C12H16N2O8. The van der Waals surface area contributed by atoms with Gasteiger partial charge in [0.05, 0.1) is 11.1 Å². The number of benzene rings is 1. The predicted octanol–water partition coefficient (Wildman–Crippen LogP) is -1.99. The Kier molecular flexibility index (Phi) is 11.4. The average Bonchev–Trinajstić information content (AvgIpc) is 2.48. The smallest absolute Gasteiger partial charge is 0.335 e. The molecule has 122 valence electrons. The number of aliphatic hydroxyl groups is 2. The maximum atomic E-state index is 10.3. The molecule has 8 N–H and O–H groups in total. The first-order chi connectivity index (χ1) is 10.1. The van der Waals surface area contributed by atoms with Crippen LogP contribution < -0.4 is 11.5 Å². The summed E-state index contributed by atoms with van der Waals surface area (Å²) in [6.45, 7) is -1.11. The van der Waals surface area contributed by atoms with Crippen LogP contribution in [0.15, 0.2) is 24.3 Å². The minimum Gasteiger partial charge on any atom is -0.478 e. The van der Waals surface area contributed by atoms with Crippen LogP contribution in [0, 0.1) is 0 Å². The van der Waals surface area contributed by atoms with E-state index in [1.54, 1.807) is 0 Å². The van der Waals surface area contributed by atoms with Crippen LogP contribution >= 0.6 is 0 Å². The molecule has 0 fully saturated rings. The fourth-order valence-corrected chi connectivity index (χ4v) is 0.755. The lowest BCUT2D eigenvalue weighted by Gasteiger charge is -1.94. The Balaban J connectivity index is 0. The predicted molar refractivity (Wildman–Crippen MR) is 72.9 cm³/mol. The van der Waals surface area contributed by atoms with Gasteiger partial charge in [-0.2, -0.15) is 0 Å². The zero-order chi connectivity index (χ0) is 17.7. The SMILES string of the molecule is NC(=O)CO.NC(=O)CO.O=C(O)c1ccc(C(=O)O)cc1. The second kappa shape index (κ2) is 11.8. The number of nitrogens with two attached hydrogens (primary N) is 2. The van der Waals surface area contributed by atoms with E-state index in [0.29, 0.717) is 0 Å². The molecule has 0 saturated heterocycles. The standard InChI is InChI=1S/C8H6O4.2C2H5NO2/c9-7(10)5-1-2-6(4-3-5)8(11)12;2*3-2(5)1-4/h1-4H,(H,9,10)(H,11,12);2*4H,1H2,(H2,3,5). The van der Waals surface area contributed by atoms with E-state index in [1.165, 1.54) is 24.3 Å². The van der Waals surface area contributed by atoms with E-state index in [0.717, 1.165) is 0 Å². The zero-order valence-electron chi connectivity index (χ0n) is 11.3. The van der Waals surface area contributed by atoms with Gasteiger partial charge in [-0.05, 0) is 24.3 Å². The number of carbonyl (C=O) groups excluding carboxylic acids is 2. The van der Waals surface area contributed by atoms with E-state index >= 15 is 0 Å². The topological polar surface area (TPSA) is 201 Å². The molecule has 0 heterocycles. The summed E-state index contributed by atoms with van der Waals surface area (Å²) in [7, 11) is 0. The first-order valence-electron chi connectivity index (χ1n) is 5.50. The number of primary amides is 2. The molecule has 0 aromatic heterocycles. The van der Waals surface area contributed by atoms with Crippen molar-refractivity contribution in [2.45, 2.75) is 0 Å². The highest BCUT2D eigenvalue weighted by molar-refractivity contribution is 5.91. The quantitative estimate of drug-likeness (QED) is 0.366. The summed E-state index contributed by atoms with van der Waals surface area (Å²) in [5, 5.41) is 32.3. The van der Waals surface area contributed by atoms with E-state index in [9.17, 15) is 19.2 Å². The van der Waals surface area contributed by atoms with Gasteiger partial charge in [0.1, 0.15) is 13.2 Å². The zero-order valence-corrected chi connectivity index (χ0v) is 11.3. The van der Waals surface area contributed by atoms with Gasteiger partial charge in [-0.1, -0.05) is 0 Å². The minimum atomic E-state index is -1.06. The van der Waals surface area contributed by atoms with Crippen molar-refractivity contribution in [3.8, 4) is 0 Å². The summed E-state index contributed by atoms with van der Waals surface area (Å²) in [5.41, 5.74) is 8.97. The molecule has 0 aliphatic rings. The van der Waals surface area contributed by atoms with Crippen LogP contribution in [0.25, 0.3) is 0 Å². The molecule has 0 radical (unpaired) electrons. The summed E-state index contributed by atoms with van der Waals surface area (Å²) in [6, 6.07) is 5.02. The summed E-state index contributed by atoms with van der Waals surface area (Å²) in [5.74, 6) is -3.51. The monoisotopic (exact) mass is 316 g/mol. The summed E-state index contributed by atoms with van der Waals surface area (Å²) in [6.07, 6.45) is 0. The fraction of sp³-hybridized carbons (Fsp3) is 0.167. The lowest BCUT2D eigenvalue weighted by Crippen LogP contribution is -2.14. The van der Waals surface area contributed by atoms with Crippen molar-refractivity contribution in [1.82, 2.24) is 0 Å². The molecule has 1 aromatic carbocycles. The van der Waals surface area contributed by atoms with Gasteiger partial charge in [-0.25, -0.2) is 9.59 Å². The average molecular weight is 316 g/mol. The molecule has 2 amide bonds. The molecule has 0 atom stereocenters. The Morgan fingerprint density at radius 1 is 0.727 bits per heavy atom. The van der Waals surface area contributed by atoms with Crippen LogP contribution in [0.1, 0.15) is 20.7 Å². The normalized spacial score (nSPS) is 8.45. The van der Waals surface area contributed by atoms with Gasteiger partial charge in [-0.15, -0.1) is 0 Å². The molecule has 1 rings (SSSR count). The largest absolute Gasteiger partial charge is 0.478 e. The third-order valence-corrected chi connectivity index (χ3v) is 1.69. The molecule has 0 aliphatic heterocycles. The Morgan fingerprint density at radius 3 is 1.00 bits per heavy atom. The molecule has 22 heavy (non-hydrogen) atoms. The number of carbonyl (C=O) groups is 4. The van der Waals surface area contributed by atoms with Gasteiger partial charge in [0.25, 0.3) is 0 Å². The van der Waals surface area contributed by atoms with Gasteiger partial charge in [0, 0.05) is 0 Å². The lowest BCUT2D eigenvalue weighted by molar-refractivity contribution is -0.121. The maximum absolute atomic E-state index is 10.3. The van der Waals surface area contributed by atoms with Crippen molar-refractivity contribution in [3.63, 3.8) is 0 Å². The van der Waals surface area contributed by atoms with Crippen LogP contribution in [0.3, 0.4) is 0 Å². The molecule has 1 aromatic rings. The fourth-order valence-electron chi connectivity index (χ4n) is 0.755. The van der Waals surface area contributed by atoms with Crippen molar-refractivity contribution in [2.75, 3.05) is 13.2 Å². The Hall–Kier alpha value is -2.98. The maximum Gasteiger partial charge on any atom is 0.335 e. The molecule has 0 bridgehead atoms. The van der Waals surface area contributed by atoms with E-state index in [-0.39, 0.29) is 11.1 Å². The van der Waals surface area contributed by atoms with Crippen molar-refractivity contribution >= 4 is 23.8 Å². The van der Waals surface area contributed by atoms with Crippen LogP contribution in [0.2, 0.25) is 0 Å². The highest BCUT2D eigenvalue weighted by Crippen LogP contribution is 2.03. The molecule has 10 nitrogen and oxygen atoms in total. The summed E-state index contributed by atoms with van der Waals surface area (Å²) >= 11 is 0. The second-order valence-electron chi connectivity index (χ2n) is 3.44. The number of amides is 2. The van der Waals surface area contributed by atoms with E-state index in [2.05, 4.69) is 11.5 Å². The number of rotatable bonds is 4. The first kappa shape index (κ1) is 21.3. The second-order valence-corrected chi connectivity index (χ2v) is 3.44. The Bertz CT molecular complexity index is 465. The van der Waals surface area contributed by atoms with Crippen LogP contribution in [-0.2, 0) is 9.59 Å². The highest BCUT2D eigenvalue weighted by Gasteiger charge is 2.04. The van der Waals surface area contributed by atoms with E-state index < -0.39 is 37.0 Å². The number of hydrogen-bond acceptors (Lipinski definition) is 6. The van der Waals surface area contributed by atoms with Gasteiger partial charge in [-0.3, -0.25) is 9.59 Å². The summed E-state index contributed by atoms with van der Waals surface area (Å²) < 4.78 is 0. The Morgan fingerprint density at radius 2 is 0.909 bits per heavy atom. The van der Waals surface area contributed by atoms with Gasteiger partial charge in [0.2, 0.25) is 11.8 Å². The first-order valence-corrected chi connectivity index (χ1v) is 5.50. The molecule has 0 spiro atoms. The minimum absolute atomic E-state index is 0.0833. The number of carboxylic acid groups (broad SMARTS) is 2. The van der Waals surface area contributed by atoms with Gasteiger partial charge in [0.15, 0.2) is 0 Å². The van der Waals surface area contributed by atoms with Crippen LogP contribution in [-0.4, -0.2) is 57.4 Å². The van der Waals surface area contributed by atoms with Crippen LogP contribution in [0.4, 0.5) is 0 Å². The van der Waals surface area contributed by atoms with Crippen molar-refractivity contribution in [2.24, 2.45) is 11.5 Å². The molecular weight excluding hydrogens is 300 g/mol. The van der Waals surface area contributed by atoms with E-state index in [1.807, 2.05) is 0 Å². The molecule has 10 heteroatoms. The third-order valence-electron chi connectivity index (χ3n) is 1.69. The highest BCUT2D eigenvalue weighted by atomic mass is 16.4. The van der Waals surface area contributed by atoms with Gasteiger partial charge >= 0.3 is 11.9 Å². The van der Waals surface area contributed by atoms with Crippen molar-refractivity contribution in [1.29, 1.82) is 0 Å². The molecule has 0 aliphatic carbocycles. The number of carboxylic acids is 2.